The SMILES string of the molecule is Cc1cccc(-c2nnc(SCC(=O)Nc3ccccc3Cl)o2)c1. The third kappa shape index (κ3) is 4.15. The summed E-state index contributed by atoms with van der Waals surface area (Å²) in [6.07, 6.45) is 0. The van der Waals surface area contributed by atoms with E-state index in [-0.39, 0.29) is 11.7 Å². The number of aromatic nitrogens is 2. The number of amides is 1. The van der Waals surface area contributed by atoms with Crippen LogP contribution in [0.25, 0.3) is 11.5 Å². The quantitative estimate of drug-likeness (QED) is 0.682. The molecule has 24 heavy (non-hydrogen) atoms. The molecule has 0 aliphatic carbocycles. The van der Waals surface area contributed by atoms with E-state index in [2.05, 4.69) is 15.5 Å². The number of hydrogen-bond acceptors (Lipinski definition) is 5. The monoisotopic (exact) mass is 359 g/mol. The maximum Gasteiger partial charge on any atom is 0.277 e. The van der Waals surface area contributed by atoms with Gasteiger partial charge >= 0.3 is 0 Å². The highest BCUT2D eigenvalue weighted by molar-refractivity contribution is 7.99. The number of rotatable bonds is 5. The summed E-state index contributed by atoms with van der Waals surface area (Å²) in [4.78, 5) is 12.0. The zero-order valence-electron chi connectivity index (χ0n) is 12.8. The zero-order valence-corrected chi connectivity index (χ0v) is 14.4. The molecule has 0 saturated heterocycles. The Morgan fingerprint density at radius 2 is 2.04 bits per heavy atom. The summed E-state index contributed by atoms with van der Waals surface area (Å²) < 4.78 is 5.58. The van der Waals surface area contributed by atoms with Gasteiger partial charge in [0.15, 0.2) is 0 Å². The van der Waals surface area contributed by atoms with Crippen molar-refractivity contribution < 1.29 is 9.21 Å². The van der Waals surface area contributed by atoms with Crippen molar-refractivity contribution in [2.24, 2.45) is 0 Å². The highest BCUT2D eigenvalue weighted by Gasteiger charge is 2.12. The van der Waals surface area contributed by atoms with E-state index in [0.717, 1.165) is 11.1 Å². The van der Waals surface area contributed by atoms with Crippen LogP contribution in [0.4, 0.5) is 5.69 Å². The first-order chi connectivity index (χ1) is 11.6. The average Bonchev–Trinajstić information content (AvgIpc) is 3.04. The van der Waals surface area contributed by atoms with Gasteiger partial charge in [0, 0.05) is 5.56 Å². The molecule has 0 fully saturated rings. The molecule has 5 nitrogen and oxygen atoms in total. The van der Waals surface area contributed by atoms with E-state index in [1.165, 1.54) is 11.8 Å². The number of para-hydroxylation sites is 1. The van der Waals surface area contributed by atoms with E-state index in [1.54, 1.807) is 24.3 Å². The first-order valence-corrected chi connectivity index (χ1v) is 8.56. The Kier molecular flexibility index (Phi) is 5.17. The van der Waals surface area contributed by atoms with Gasteiger partial charge in [0.2, 0.25) is 11.8 Å². The van der Waals surface area contributed by atoms with Gasteiger partial charge in [-0.3, -0.25) is 4.79 Å². The summed E-state index contributed by atoms with van der Waals surface area (Å²) in [5.74, 6) is 0.400. The molecule has 0 radical (unpaired) electrons. The fraction of sp³-hybridized carbons (Fsp3) is 0.118. The number of carbonyl (C=O) groups is 1. The minimum Gasteiger partial charge on any atom is -0.411 e. The number of thioether (sulfide) groups is 1. The lowest BCUT2D eigenvalue weighted by molar-refractivity contribution is -0.113. The topological polar surface area (TPSA) is 68.0 Å². The maximum atomic E-state index is 12.0. The van der Waals surface area contributed by atoms with Crippen LogP contribution in [-0.4, -0.2) is 21.9 Å². The number of halogens is 1. The molecular weight excluding hydrogens is 346 g/mol. The predicted molar refractivity (Wildman–Crippen MR) is 95.3 cm³/mol. The van der Waals surface area contributed by atoms with Gasteiger partial charge < -0.3 is 9.73 Å². The van der Waals surface area contributed by atoms with Crippen molar-refractivity contribution in [3.8, 4) is 11.5 Å². The van der Waals surface area contributed by atoms with Gasteiger partial charge in [-0.1, -0.05) is 53.2 Å². The summed E-state index contributed by atoms with van der Waals surface area (Å²) in [7, 11) is 0. The van der Waals surface area contributed by atoms with E-state index in [1.807, 2.05) is 31.2 Å². The summed E-state index contributed by atoms with van der Waals surface area (Å²) >= 11 is 7.18. The van der Waals surface area contributed by atoms with Crippen molar-refractivity contribution in [2.75, 3.05) is 11.1 Å². The number of nitrogens with one attached hydrogen (secondary N) is 1. The van der Waals surface area contributed by atoms with Crippen LogP contribution in [0.2, 0.25) is 5.02 Å². The Bertz CT molecular complexity index is 866. The fourth-order valence-corrected chi connectivity index (χ4v) is 2.79. The molecule has 0 aliphatic rings. The van der Waals surface area contributed by atoms with Crippen molar-refractivity contribution in [3.63, 3.8) is 0 Å². The molecule has 122 valence electrons. The van der Waals surface area contributed by atoms with Crippen LogP contribution in [0.3, 0.4) is 0 Å². The lowest BCUT2D eigenvalue weighted by atomic mass is 10.1. The highest BCUT2D eigenvalue weighted by atomic mass is 35.5. The van der Waals surface area contributed by atoms with Crippen LogP contribution in [0.1, 0.15) is 5.56 Å². The molecule has 0 atom stereocenters. The summed E-state index contributed by atoms with van der Waals surface area (Å²) in [6, 6.07) is 14.9. The van der Waals surface area contributed by atoms with Gasteiger partial charge in [-0.15, -0.1) is 10.2 Å². The number of hydrogen-bond donors (Lipinski definition) is 1. The Hall–Kier alpha value is -2.31. The molecule has 0 saturated carbocycles. The Morgan fingerprint density at radius 3 is 2.83 bits per heavy atom. The first-order valence-electron chi connectivity index (χ1n) is 7.19. The maximum absolute atomic E-state index is 12.0. The van der Waals surface area contributed by atoms with Crippen LogP contribution >= 0.6 is 23.4 Å². The summed E-state index contributed by atoms with van der Waals surface area (Å²) in [5.41, 5.74) is 2.55. The number of carbonyl (C=O) groups excluding carboxylic acids is 1. The van der Waals surface area contributed by atoms with Gasteiger partial charge in [0.05, 0.1) is 16.5 Å². The highest BCUT2D eigenvalue weighted by Crippen LogP contribution is 2.25. The molecule has 0 aliphatic heterocycles. The molecular formula is C17H14ClN3O2S. The Morgan fingerprint density at radius 1 is 1.21 bits per heavy atom. The smallest absolute Gasteiger partial charge is 0.277 e. The molecule has 7 heteroatoms. The van der Waals surface area contributed by atoms with E-state index in [0.29, 0.717) is 21.8 Å². The van der Waals surface area contributed by atoms with Crippen LogP contribution < -0.4 is 5.32 Å². The fourth-order valence-electron chi connectivity index (χ4n) is 2.04. The number of anilines is 1. The third-order valence-electron chi connectivity index (χ3n) is 3.15. The van der Waals surface area contributed by atoms with Crippen molar-refractivity contribution in [3.05, 3.63) is 59.1 Å². The normalized spacial score (nSPS) is 10.6. The number of nitrogens with zero attached hydrogens (tertiary/aromatic N) is 2. The molecule has 3 rings (SSSR count). The second kappa shape index (κ2) is 7.51. The average molecular weight is 360 g/mol. The van der Waals surface area contributed by atoms with Crippen LogP contribution in [0.15, 0.2) is 58.2 Å². The lowest BCUT2D eigenvalue weighted by Gasteiger charge is -2.05. The second-order valence-corrected chi connectivity index (χ2v) is 6.39. The molecule has 1 amide bonds. The second-order valence-electron chi connectivity index (χ2n) is 5.06. The van der Waals surface area contributed by atoms with Gasteiger partial charge in [0.1, 0.15) is 0 Å². The predicted octanol–water partition coefficient (Wildman–Crippen LogP) is 4.43. The lowest BCUT2D eigenvalue weighted by Crippen LogP contribution is -2.14. The Labute approximate surface area is 148 Å². The van der Waals surface area contributed by atoms with Crippen molar-refractivity contribution in [1.82, 2.24) is 10.2 Å². The molecule has 3 aromatic rings. The van der Waals surface area contributed by atoms with Gasteiger partial charge in [-0.05, 0) is 31.2 Å². The minimum absolute atomic E-state index is 0.153. The van der Waals surface area contributed by atoms with Crippen LogP contribution in [0, 0.1) is 6.92 Å². The standard InChI is InChI=1S/C17H14ClN3O2S/c1-11-5-4-6-12(9-11)16-20-21-17(23-16)24-10-15(22)19-14-8-3-2-7-13(14)18/h2-9H,10H2,1H3,(H,19,22). The van der Waals surface area contributed by atoms with Crippen molar-refractivity contribution >= 4 is 35.0 Å². The number of aryl methyl sites for hydroxylation is 1. The van der Waals surface area contributed by atoms with Gasteiger partial charge in [-0.25, -0.2) is 0 Å². The molecule has 1 heterocycles. The summed E-state index contributed by atoms with van der Waals surface area (Å²) in [5, 5.41) is 11.6. The van der Waals surface area contributed by atoms with E-state index in [4.69, 9.17) is 16.0 Å². The van der Waals surface area contributed by atoms with Crippen LogP contribution in [-0.2, 0) is 4.79 Å². The van der Waals surface area contributed by atoms with Crippen molar-refractivity contribution in [1.29, 1.82) is 0 Å². The largest absolute Gasteiger partial charge is 0.411 e. The third-order valence-corrected chi connectivity index (χ3v) is 4.29. The molecule has 0 spiro atoms. The van der Waals surface area contributed by atoms with E-state index < -0.39 is 0 Å². The minimum atomic E-state index is -0.191. The number of benzene rings is 2. The van der Waals surface area contributed by atoms with Crippen LogP contribution in [0.5, 0.6) is 0 Å². The molecule has 0 unspecified atom stereocenters. The molecule has 2 aromatic carbocycles. The molecule has 1 N–H and O–H groups in total. The van der Waals surface area contributed by atoms with Crippen molar-refractivity contribution in [2.45, 2.75) is 12.1 Å². The van der Waals surface area contributed by atoms with E-state index >= 15 is 0 Å². The van der Waals surface area contributed by atoms with Gasteiger partial charge in [-0.2, -0.15) is 0 Å². The summed E-state index contributed by atoms with van der Waals surface area (Å²) in [6.45, 7) is 1.99. The van der Waals surface area contributed by atoms with Gasteiger partial charge in [0.25, 0.3) is 5.22 Å². The molecule has 0 bridgehead atoms. The molecule has 1 aromatic heterocycles. The van der Waals surface area contributed by atoms with E-state index in [9.17, 15) is 4.79 Å². The first kappa shape index (κ1) is 16.5. The Balaban J connectivity index is 1.59. The zero-order chi connectivity index (χ0) is 16.9.